The average Bonchev–Trinajstić information content (AvgIpc) is 1.84. The standard InChI is InChI=1S/C4H12F2O3Si2/c1-7-11(4,8-2)9-10(3,5)6/h1-4H3. The second-order valence-corrected chi connectivity index (χ2v) is 7.15. The molecular weight excluding hydrogens is 190 g/mol. The van der Waals surface area contributed by atoms with Gasteiger partial charge in [0, 0.05) is 27.3 Å². The Morgan fingerprint density at radius 3 is 1.45 bits per heavy atom. The van der Waals surface area contributed by atoms with Crippen LogP contribution in [0.25, 0.3) is 0 Å². The minimum Gasteiger partial charge on any atom is -0.377 e. The van der Waals surface area contributed by atoms with Crippen LogP contribution in [-0.4, -0.2) is 32.0 Å². The van der Waals surface area contributed by atoms with Crippen molar-refractivity contribution in [2.45, 2.75) is 13.1 Å². The Morgan fingerprint density at radius 1 is 1.00 bits per heavy atom. The summed E-state index contributed by atoms with van der Waals surface area (Å²) in [4.78, 5) is 0. The number of halogens is 2. The fourth-order valence-electron chi connectivity index (χ4n) is 0.492. The molecule has 0 bridgehead atoms. The van der Waals surface area contributed by atoms with Crippen LogP contribution < -0.4 is 0 Å². The zero-order valence-corrected chi connectivity index (χ0v) is 8.98. The van der Waals surface area contributed by atoms with Crippen LogP contribution in [-0.2, 0) is 13.0 Å². The zero-order valence-electron chi connectivity index (χ0n) is 6.98. The fraction of sp³-hybridized carbons (Fsp3) is 1.00. The van der Waals surface area contributed by atoms with Crippen LogP contribution in [0.1, 0.15) is 0 Å². The Hall–Kier alpha value is 0.174. The van der Waals surface area contributed by atoms with Gasteiger partial charge in [-0.3, -0.25) is 0 Å². The summed E-state index contributed by atoms with van der Waals surface area (Å²) in [6, 6.07) is 0. The summed E-state index contributed by atoms with van der Waals surface area (Å²) in [5.74, 6) is 0. The van der Waals surface area contributed by atoms with Crippen molar-refractivity contribution >= 4 is 17.8 Å². The van der Waals surface area contributed by atoms with Crippen molar-refractivity contribution < 1.29 is 21.2 Å². The van der Waals surface area contributed by atoms with E-state index in [1.165, 1.54) is 20.8 Å². The molecule has 0 aromatic heterocycles. The van der Waals surface area contributed by atoms with Gasteiger partial charge in [-0.25, -0.2) is 8.22 Å². The molecule has 0 aliphatic rings. The smallest absolute Gasteiger partial charge is 0.377 e. The Bertz CT molecular complexity index is 123. The molecule has 0 saturated heterocycles. The molecule has 0 heterocycles. The Morgan fingerprint density at radius 2 is 1.36 bits per heavy atom. The maximum absolute atomic E-state index is 12.4. The summed E-state index contributed by atoms with van der Waals surface area (Å²) < 4.78 is 38.6. The van der Waals surface area contributed by atoms with E-state index in [0.717, 1.165) is 6.55 Å². The van der Waals surface area contributed by atoms with Crippen molar-refractivity contribution in [1.29, 1.82) is 0 Å². The lowest BCUT2D eigenvalue weighted by Gasteiger charge is -2.24. The maximum atomic E-state index is 12.4. The van der Waals surface area contributed by atoms with Gasteiger partial charge in [-0.1, -0.05) is 0 Å². The highest BCUT2D eigenvalue weighted by atomic mass is 28.5. The molecule has 0 atom stereocenters. The third-order valence-corrected chi connectivity index (χ3v) is 5.51. The van der Waals surface area contributed by atoms with Crippen LogP contribution >= 0.6 is 0 Å². The molecule has 0 aromatic rings. The maximum Gasteiger partial charge on any atom is 0.567 e. The van der Waals surface area contributed by atoms with Crippen LogP contribution in [0.2, 0.25) is 13.1 Å². The van der Waals surface area contributed by atoms with E-state index in [2.05, 4.69) is 4.12 Å². The Balaban J connectivity index is 4.08. The lowest BCUT2D eigenvalue weighted by atomic mass is 11.8. The first-order valence-corrected chi connectivity index (χ1v) is 7.40. The number of rotatable bonds is 4. The van der Waals surface area contributed by atoms with Crippen molar-refractivity contribution in [3.8, 4) is 0 Å². The van der Waals surface area contributed by atoms with Crippen LogP contribution in [0.5, 0.6) is 0 Å². The first kappa shape index (κ1) is 11.2. The molecule has 0 fully saturated rings. The predicted molar refractivity (Wildman–Crippen MR) is 40.6 cm³/mol. The van der Waals surface area contributed by atoms with Gasteiger partial charge < -0.3 is 13.0 Å². The van der Waals surface area contributed by atoms with Crippen molar-refractivity contribution in [2.24, 2.45) is 0 Å². The molecule has 68 valence electrons. The Kier molecular flexibility index (Phi) is 3.78. The van der Waals surface area contributed by atoms with Gasteiger partial charge in [-0.2, -0.15) is 0 Å². The summed E-state index contributed by atoms with van der Waals surface area (Å²) in [7, 11) is -4.94. The molecule has 0 aromatic carbocycles. The highest BCUT2D eigenvalue weighted by Crippen LogP contribution is 2.17. The number of hydrogen-bond donors (Lipinski definition) is 0. The van der Waals surface area contributed by atoms with Crippen molar-refractivity contribution in [2.75, 3.05) is 14.2 Å². The third-order valence-electron chi connectivity index (χ3n) is 1.11. The minimum atomic E-state index is -4.52. The molecule has 0 aliphatic carbocycles. The molecule has 0 spiro atoms. The molecule has 0 amide bonds. The second kappa shape index (κ2) is 3.72. The van der Waals surface area contributed by atoms with E-state index in [1.54, 1.807) is 0 Å². The lowest BCUT2D eigenvalue weighted by molar-refractivity contribution is 0.148. The number of hydrogen-bond acceptors (Lipinski definition) is 3. The molecule has 7 heteroatoms. The minimum absolute atomic E-state index is 0.788. The molecule has 0 N–H and O–H groups in total. The van der Waals surface area contributed by atoms with Gasteiger partial charge >= 0.3 is 17.8 Å². The van der Waals surface area contributed by atoms with E-state index in [9.17, 15) is 8.22 Å². The normalized spacial score (nSPS) is 13.6. The van der Waals surface area contributed by atoms with Crippen molar-refractivity contribution in [3.63, 3.8) is 0 Å². The first-order valence-electron chi connectivity index (χ1n) is 3.01. The highest BCUT2D eigenvalue weighted by Gasteiger charge is 2.45. The van der Waals surface area contributed by atoms with Crippen LogP contribution in [0, 0.1) is 0 Å². The fourth-order valence-corrected chi connectivity index (χ4v) is 3.93. The van der Waals surface area contributed by atoms with E-state index < -0.39 is 17.8 Å². The van der Waals surface area contributed by atoms with E-state index >= 15 is 0 Å². The van der Waals surface area contributed by atoms with Crippen LogP contribution in [0.15, 0.2) is 0 Å². The van der Waals surface area contributed by atoms with Gasteiger partial charge in [0.1, 0.15) is 0 Å². The van der Waals surface area contributed by atoms with E-state index in [-0.39, 0.29) is 0 Å². The van der Waals surface area contributed by atoms with Crippen molar-refractivity contribution in [1.82, 2.24) is 0 Å². The summed E-state index contributed by atoms with van der Waals surface area (Å²) in [5, 5.41) is 0. The van der Waals surface area contributed by atoms with Gasteiger partial charge in [0.05, 0.1) is 0 Å². The van der Waals surface area contributed by atoms with Crippen LogP contribution in [0.4, 0.5) is 8.22 Å². The highest BCUT2D eigenvalue weighted by molar-refractivity contribution is 6.72. The summed E-state index contributed by atoms with van der Waals surface area (Å²) >= 11 is 0. The molecule has 0 rings (SSSR count). The van der Waals surface area contributed by atoms with Gasteiger partial charge in [-0.05, 0) is 0 Å². The molecule has 0 radical (unpaired) electrons. The molecule has 3 nitrogen and oxygen atoms in total. The molecular formula is C4H12F2O3Si2. The van der Waals surface area contributed by atoms with Gasteiger partial charge in [0.25, 0.3) is 0 Å². The Labute approximate surface area is 67.1 Å². The molecule has 11 heavy (non-hydrogen) atoms. The van der Waals surface area contributed by atoms with E-state index in [4.69, 9.17) is 8.85 Å². The predicted octanol–water partition coefficient (Wildman–Crippen LogP) is 1.37. The largest absolute Gasteiger partial charge is 0.567 e. The molecule has 0 saturated carbocycles. The topological polar surface area (TPSA) is 27.7 Å². The van der Waals surface area contributed by atoms with Gasteiger partial charge in [-0.15, -0.1) is 0 Å². The summed E-state index contributed by atoms with van der Waals surface area (Å²) in [5.41, 5.74) is 0. The zero-order chi connectivity index (χ0) is 9.12. The first-order chi connectivity index (χ1) is 4.83. The van der Waals surface area contributed by atoms with Crippen molar-refractivity contribution in [3.05, 3.63) is 0 Å². The monoisotopic (exact) mass is 202 g/mol. The summed E-state index contributed by atoms with van der Waals surface area (Å²) in [6.45, 7) is 2.22. The van der Waals surface area contributed by atoms with E-state index in [1.807, 2.05) is 0 Å². The quantitative estimate of drug-likeness (QED) is 0.509. The summed E-state index contributed by atoms with van der Waals surface area (Å²) in [6.07, 6.45) is 0. The van der Waals surface area contributed by atoms with Gasteiger partial charge in [0.2, 0.25) is 0 Å². The molecule has 0 aliphatic heterocycles. The van der Waals surface area contributed by atoms with Gasteiger partial charge in [0.15, 0.2) is 0 Å². The van der Waals surface area contributed by atoms with E-state index in [0.29, 0.717) is 0 Å². The average molecular weight is 202 g/mol. The second-order valence-electron chi connectivity index (χ2n) is 2.18. The lowest BCUT2D eigenvalue weighted by Crippen LogP contribution is -2.47. The molecule has 0 unspecified atom stereocenters. The third kappa shape index (κ3) is 4.59. The van der Waals surface area contributed by atoms with Crippen LogP contribution in [0.3, 0.4) is 0 Å². The SMILES string of the molecule is CO[Si](C)(OC)O[Si](C)(F)F.